The predicted octanol–water partition coefficient (Wildman–Crippen LogP) is 2.28. The van der Waals surface area contributed by atoms with Crippen LogP contribution < -0.4 is 10.9 Å². The number of methoxy groups -OCH3 is 1. The van der Waals surface area contributed by atoms with Crippen molar-refractivity contribution >= 4 is 18.0 Å². The van der Waals surface area contributed by atoms with Gasteiger partial charge in [0.15, 0.2) is 0 Å². The third-order valence-electron chi connectivity index (χ3n) is 4.98. The van der Waals surface area contributed by atoms with Crippen molar-refractivity contribution in [3.05, 3.63) is 93.0 Å². The normalized spacial score (nSPS) is 14.6. The molecule has 1 fully saturated rings. The van der Waals surface area contributed by atoms with E-state index in [0.717, 1.165) is 4.90 Å². The van der Waals surface area contributed by atoms with Gasteiger partial charge in [-0.1, -0.05) is 30.3 Å². The molecule has 160 valence electrons. The van der Waals surface area contributed by atoms with Crippen LogP contribution in [0.4, 0.5) is 4.79 Å². The van der Waals surface area contributed by atoms with Gasteiger partial charge in [0.05, 0.1) is 41.7 Å². The van der Waals surface area contributed by atoms with Crippen LogP contribution in [-0.2, 0) is 22.7 Å². The van der Waals surface area contributed by atoms with Crippen LogP contribution >= 0.6 is 0 Å². The molecular weight excluding hydrogens is 410 g/mol. The van der Waals surface area contributed by atoms with E-state index in [-0.39, 0.29) is 30.0 Å². The molecule has 0 spiro atoms. The number of hydrogen-bond acceptors (Lipinski definition) is 5. The molecule has 32 heavy (non-hydrogen) atoms. The molecule has 2 aromatic carbocycles. The number of urea groups is 1. The van der Waals surface area contributed by atoms with E-state index < -0.39 is 11.9 Å². The van der Waals surface area contributed by atoms with Gasteiger partial charge >= 0.3 is 6.03 Å². The molecule has 9 nitrogen and oxygen atoms in total. The topological polar surface area (TPSA) is 120 Å². The van der Waals surface area contributed by atoms with Crippen LogP contribution in [0.25, 0.3) is 11.8 Å². The lowest BCUT2D eigenvalue weighted by Crippen LogP contribution is -2.30. The summed E-state index contributed by atoms with van der Waals surface area (Å²) in [6, 6.07) is 17.0. The van der Waals surface area contributed by atoms with Crippen LogP contribution in [0.15, 0.2) is 65.1 Å². The number of nitriles is 1. The standard InChI is InChI=1S/C23H19N5O4/c1-32-14-20-18(21(29)28(26-20)17-5-3-2-4-6-17)11-19-22(30)27(23(31)25-19)13-16-9-7-15(12-24)8-10-16/h2-11,26H,13-14H2,1H3,(H,25,31)/b19-11-. The highest BCUT2D eigenvalue weighted by Gasteiger charge is 2.34. The number of imide groups is 1. The molecule has 2 N–H and O–H groups in total. The Kier molecular flexibility index (Phi) is 5.70. The van der Waals surface area contributed by atoms with Crippen molar-refractivity contribution in [3.8, 4) is 11.8 Å². The number of amides is 3. The SMILES string of the molecule is COCc1[nH]n(-c2ccccc2)c(=O)c1/C=C1\NC(=O)N(Cc2ccc(C#N)cc2)C1=O. The zero-order valence-electron chi connectivity index (χ0n) is 17.2. The highest BCUT2D eigenvalue weighted by Crippen LogP contribution is 2.18. The summed E-state index contributed by atoms with van der Waals surface area (Å²) in [5.74, 6) is -0.547. The number of ether oxygens (including phenoxy) is 1. The van der Waals surface area contributed by atoms with Gasteiger partial charge in [0, 0.05) is 7.11 Å². The van der Waals surface area contributed by atoms with E-state index in [2.05, 4.69) is 10.4 Å². The Bertz CT molecular complexity index is 1300. The molecule has 0 unspecified atom stereocenters. The Labute approximate surface area is 183 Å². The fraction of sp³-hybridized carbons (Fsp3) is 0.130. The van der Waals surface area contributed by atoms with Crippen molar-refractivity contribution in [2.75, 3.05) is 7.11 Å². The molecule has 2 heterocycles. The first kappa shape index (κ1) is 20.8. The quantitative estimate of drug-likeness (QED) is 0.460. The molecular formula is C23H19N5O4. The van der Waals surface area contributed by atoms with Gasteiger partial charge in [-0.05, 0) is 35.9 Å². The summed E-state index contributed by atoms with van der Waals surface area (Å²) in [5.41, 5.74) is 2.13. The van der Waals surface area contributed by atoms with Crippen molar-refractivity contribution in [2.24, 2.45) is 0 Å². The van der Waals surface area contributed by atoms with Gasteiger partial charge in [0.2, 0.25) is 0 Å². The number of carbonyl (C=O) groups is 2. The van der Waals surface area contributed by atoms with E-state index in [1.807, 2.05) is 12.1 Å². The monoisotopic (exact) mass is 429 g/mol. The van der Waals surface area contributed by atoms with Gasteiger partial charge in [-0.25, -0.2) is 9.48 Å². The number of benzene rings is 2. The Morgan fingerprint density at radius 3 is 2.44 bits per heavy atom. The van der Waals surface area contributed by atoms with E-state index in [4.69, 9.17) is 10.00 Å². The van der Waals surface area contributed by atoms with Crippen LogP contribution in [0.1, 0.15) is 22.4 Å². The lowest BCUT2D eigenvalue weighted by Gasteiger charge is -2.11. The zero-order valence-corrected chi connectivity index (χ0v) is 17.2. The van der Waals surface area contributed by atoms with Crippen LogP contribution in [-0.4, -0.2) is 33.7 Å². The van der Waals surface area contributed by atoms with Crippen molar-refractivity contribution < 1.29 is 14.3 Å². The average Bonchev–Trinajstić information content (AvgIpc) is 3.26. The van der Waals surface area contributed by atoms with Crippen molar-refractivity contribution in [2.45, 2.75) is 13.2 Å². The third kappa shape index (κ3) is 3.95. The molecule has 0 saturated carbocycles. The average molecular weight is 429 g/mol. The van der Waals surface area contributed by atoms with Crippen LogP contribution in [0.5, 0.6) is 0 Å². The van der Waals surface area contributed by atoms with E-state index in [1.54, 1.807) is 48.5 Å². The first-order chi connectivity index (χ1) is 15.5. The molecule has 1 aliphatic rings. The van der Waals surface area contributed by atoms with Gasteiger partial charge in [-0.3, -0.25) is 19.6 Å². The largest absolute Gasteiger partial charge is 0.378 e. The second-order valence-electron chi connectivity index (χ2n) is 7.10. The van der Waals surface area contributed by atoms with Gasteiger partial charge < -0.3 is 10.1 Å². The fourth-order valence-electron chi connectivity index (χ4n) is 3.38. The minimum atomic E-state index is -0.585. The lowest BCUT2D eigenvalue weighted by molar-refractivity contribution is -0.123. The van der Waals surface area contributed by atoms with Gasteiger partial charge in [0.25, 0.3) is 11.5 Å². The van der Waals surface area contributed by atoms with Crippen molar-refractivity contribution in [1.82, 2.24) is 20.0 Å². The molecule has 3 amide bonds. The van der Waals surface area contributed by atoms with Gasteiger partial charge in [0.1, 0.15) is 5.70 Å². The summed E-state index contributed by atoms with van der Waals surface area (Å²) < 4.78 is 6.54. The Balaban J connectivity index is 1.65. The number of rotatable bonds is 6. The molecule has 1 aromatic heterocycles. The van der Waals surface area contributed by atoms with Crippen LogP contribution in [0.2, 0.25) is 0 Å². The number of carbonyl (C=O) groups excluding carboxylic acids is 2. The molecule has 0 aliphatic carbocycles. The number of nitrogens with zero attached hydrogens (tertiary/aromatic N) is 3. The van der Waals surface area contributed by atoms with E-state index in [9.17, 15) is 14.4 Å². The Morgan fingerprint density at radius 2 is 1.78 bits per heavy atom. The summed E-state index contributed by atoms with van der Waals surface area (Å²) in [7, 11) is 1.50. The second-order valence-corrected chi connectivity index (χ2v) is 7.10. The molecule has 0 radical (unpaired) electrons. The lowest BCUT2D eigenvalue weighted by atomic mass is 10.1. The van der Waals surface area contributed by atoms with E-state index in [1.165, 1.54) is 17.9 Å². The molecule has 3 aromatic rings. The van der Waals surface area contributed by atoms with Crippen molar-refractivity contribution in [1.29, 1.82) is 5.26 Å². The number of hydrogen-bond donors (Lipinski definition) is 2. The van der Waals surface area contributed by atoms with E-state index in [0.29, 0.717) is 22.5 Å². The molecule has 1 aliphatic heterocycles. The minimum Gasteiger partial charge on any atom is -0.378 e. The molecule has 0 bridgehead atoms. The fourth-order valence-corrected chi connectivity index (χ4v) is 3.38. The number of aromatic nitrogens is 2. The Hall–Kier alpha value is -4.42. The van der Waals surface area contributed by atoms with E-state index >= 15 is 0 Å². The maximum absolute atomic E-state index is 13.0. The smallest absolute Gasteiger partial charge is 0.329 e. The summed E-state index contributed by atoms with van der Waals surface area (Å²) in [4.78, 5) is 39.4. The number of aromatic amines is 1. The maximum atomic E-state index is 13.0. The molecule has 9 heteroatoms. The first-order valence-electron chi connectivity index (χ1n) is 9.73. The summed E-state index contributed by atoms with van der Waals surface area (Å²) in [5, 5.41) is 14.4. The zero-order chi connectivity index (χ0) is 22.7. The van der Waals surface area contributed by atoms with Gasteiger partial charge in [-0.15, -0.1) is 0 Å². The summed E-state index contributed by atoms with van der Waals surface area (Å²) >= 11 is 0. The summed E-state index contributed by atoms with van der Waals surface area (Å²) in [6.45, 7) is 0.158. The highest BCUT2D eigenvalue weighted by molar-refractivity contribution is 6.13. The molecule has 0 atom stereocenters. The maximum Gasteiger partial charge on any atom is 0.329 e. The molecule has 1 saturated heterocycles. The molecule has 4 rings (SSSR count). The number of para-hydroxylation sites is 1. The highest BCUT2D eigenvalue weighted by atomic mass is 16.5. The Morgan fingerprint density at radius 1 is 1.06 bits per heavy atom. The first-order valence-corrected chi connectivity index (χ1v) is 9.73. The van der Waals surface area contributed by atoms with Crippen LogP contribution in [0.3, 0.4) is 0 Å². The van der Waals surface area contributed by atoms with Crippen molar-refractivity contribution in [3.63, 3.8) is 0 Å². The second kappa shape index (κ2) is 8.75. The minimum absolute atomic E-state index is 0.00249. The number of nitrogens with one attached hydrogen (secondary N) is 2. The summed E-state index contributed by atoms with van der Waals surface area (Å²) in [6.07, 6.45) is 1.37. The predicted molar refractivity (Wildman–Crippen MR) is 115 cm³/mol. The van der Waals surface area contributed by atoms with Gasteiger partial charge in [-0.2, -0.15) is 5.26 Å². The third-order valence-corrected chi connectivity index (χ3v) is 4.98. The van der Waals surface area contributed by atoms with Crippen LogP contribution in [0, 0.1) is 11.3 Å². The number of H-pyrrole nitrogens is 1.